The number of ketones is 1. The number of nitrogens with one attached hydrogen (secondary N) is 2. The minimum Gasteiger partial charge on any atom is -0.394 e. The Morgan fingerprint density at radius 2 is 2.00 bits per heavy atom. The largest absolute Gasteiger partial charge is 0.394 e. The maximum atomic E-state index is 14.3. The molecule has 0 spiro atoms. The molecule has 0 saturated heterocycles. The number of aryl methyl sites for hydroxylation is 1. The van der Waals surface area contributed by atoms with E-state index in [-0.39, 0.29) is 29.6 Å². The average molecular weight is 424 g/mol. The number of Topliss-reactive ketones (excluding diaryl/α,β-unsaturated/α-hetero) is 1. The number of halogens is 1. The first-order valence-electron chi connectivity index (χ1n) is 9.07. The molecule has 1 atom stereocenters. The third-order valence-corrected chi connectivity index (χ3v) is 5.32. The van der Waals surface area contributed by atoms with Crippen molar-refractivity contribution in [1.29, 1.82) is 0 Å². The summed E-state index contributed by atoms with van der Waals surface area (Å²) in [5, 5.41) is 21.4. The van der Waals surface area contributed by atoms with Crippen LogP contribution in [0.4, 0.5) is 15.1 Å². The molecule has 4 N–H and O–H groups in total. The number of rotatable bonds is 9. The topological polar surface area (TPSA) is 108 Å². The lowest BCUT2D eigenvalue weighted by Crippen LogP contribution is -2.30. The highest BCUT2D eigenvalue weighted by atomic mass is 32.1. The van der Waals surface area contributed by atoms with Gasteiger partial charge in [-0.25, -0.2) is 9.87 Å². The summed E-state index contributed by atoms with van der Waals surface area (Å²) in [4.78, 5) is 30.3. The van der Waals surface area contributed by atoms with Gasteiger partial charge in [0.1, 0.15) is 23.5 Å². The van der Waals surface area contributed by atoms with Crippen LogP contribution in [-0.2, 0) is 4.84 Å². The first-order valence-corrected chi connectivity index (χ1v) is 9.89. The zero-order valence-electron chi connectivity index (χ0n) is 16.7. The van der Waals surface area contributed by atoms with Gasteiger partial charge in [-0.2, -0.15) is 0 Å². The number of benzene rings is 1. The van der Waals surface area contributed by atoms with Gasteiger partial charge in [0, 0.05) is 0 Å². The van der Waals surface area contributed by atoms with Crippen LogP contribution in [0.15, 0.2) is 18.2 Å². The van der Waals surface area contributed by atoms with Crippen molar-refractivity contribution in [3.63, 3.8) is 0 Å². The molecule has 158 valence electrons. The molecule has 2 rings (SSSR count). The standard InChI is InChI=1S/C20H25FN2O5S/c1-10(2)16-17(19(27)23-28-9-13(26)8-24)20(29-18(16)12(4)25)22-15-6-5-11(3)7-14(15)21/h5-7,10,13,22,24,26H,8-9H2,1-4H3,(H,23,27)/t13-/m0/s1. The van der Waals surface area contributed by atoms with Gasteiger partial charge in [-0.15, -0.1) is 11.3 Å². The zero-order valence-corrected chi connectivity index (χ0v) is 17.5. The third-order valence-electron chi connectivity index (χ3n) is 4.09. The number of aliphatic hydroxyl groups excluding tert-OH is 2. The minimum absolute atomic E-state index is 0.160. The van der Waals surface area contributed by atoms with Gasteiger partial charge in [0.05, 0.1) is 22.7 Å². The van der Waals surface area contributed by atoms with Crippen LogP contribution in [0.25, 0.3) is 0 Å². The van der Waals surface area contributed by atoms with Crippen molar-refractivity contribution >= 4 is 33.7 Å². The van der Waals surface area contributed by atoms with Gasteiger partial charge in [0.25, 0.3) is 5.91 Å². The number of anilines is 2. The highest BCUT2D eigenvalue weighted by Crippen LogP contribution is 2.40. The summed E-state index contributed by atoms with van der Waals surface area (Å²) in [6.07, 6.45) is -1.14. The number of thiophene rings is 1. The van der Waals surface area contributed by atoms with Crippen molar-refractivity contribution in [1.82, 2.24) is 5.48 Å². The molecule has 1 aromatic carbocycles. The summed E-state index contributed by atoms with van der Waals surface area (Å²) in [6.45, 7) is 6.04. The summed E-state index contributed by atoms with van der Waals surface area (Å²) in [6, 6.07) is 4.65. The van der Waals surface area contributed by atoms with E-state index in [2.05, 4.69) is 10.8 Å². The molecule has 0 fully saturated rings. The number of hydroxylamine groups is 1. The molecule has 0 bridgehead atoms. The maximum absolute atomic E-state index is 14.3. The van der Waals surface area contributed by atoms with E-state index in [1.54, 1.807) is 19.1 Å². The lowest BCUT2D eigenvalue weighted by Gasteiger charge is -2.14. The predicted molar refractivity (Wildman–Crippen MR) is 109 cm³/mol. The first kappa shape index (κ1) is 23.0. The zero-order chi connectivity index (χ0) is 21.7. The number of amides is 1. The van der Waals surface area contributed by atoms with E-state index >= 15 is 0 Å². The fourth-order valence-corrected chi connectivity index (χ4v) is 3.98. The second-order valence-electron chi connectivity index (χ2n) is 6.95. The smallest absolute Gasteiger partial charge is 0.278 e. The van der Waals surface area contributed by atoms with Crippen molar-refractivity contribution in [3.05, 3.63) is 45.6 Å². The van der Waals surface area contributed by atoms with Crippen LogP contribution < -0.4 is 10.8 Å². The summed E-state index contributed by atoms with van der Waals surface area (Å²) in [5.74, 6) is -1.49. The Morgan fingerprint density at radius 3 is 2.55 bits per heavy atom. The van der Waals surface area contributed by atoms with Crippen LogP contribution in [0.2, 0.25) is 0 Å². The lowest BCUT2D eigenvalue weighted by atomic mass is 9.97. The SMILES string of the molecule is CC(=O)c1sc(Nc2ccc(C)cc2F)c(C(=O)NOC[C@@H](O)CO)c1C(C)C. The Hall–Kier alpha value is -2.33. The number of aliphatic hydroxyl groups is 2. The van der Waals surface area contributed by atoms with E-state index in [1.807, 2.05) is 13.8 Å². The number of hydrogen-bond donors (Lipinski definition) is 4. The second kappa shape index (κ2) is 9.93. The molecule has 0 radical (unpaired) electrons. The van der Waals surface area contributed by atoms with Crippen molar-refractivity contribution in [3.8, 4) is 0 Å². The molecule has 1 aromatic heterocycles. The van der Waals surface area contributed by atoms with Crippen molar-refractivity contribution in [2.75, 3.05) is 18.5 Å². The maximum Gasteiger partial charge on any atom is 0.278 e. The van der Waals surface area contributed by atoms with Gasteiger partial charge in [-0.05, 0) is 43.0 Å². The molecule has 0 unspecified atom stereocenters. The molecule has 0 saturated carbocycles. The molecule has 9 heteroatoms. The van der Waals surface area contributed by atoms with E-state index in [9.17, 15) is 19.1 Å². The summed E-state index contributed by atoms with van der Waals surface area (Å²) < 4.78 is 14.3. The van der Waals surface area contributed by atoms with E-state index in [0.717, 1.165) is 16.9 Å². The second-order valence-corrected chi connectivity index (χ2v) is 7.97. The normalized spacial score (nSPS) is 12.1. The molecule has 1 heterocycles. The predicted octanol–water partition coefficient (Wildman–Crippen LogP) is 3.28. The van der Waals surface area contributed by atoms with Crippen LogP contribution >= 0.6 is 11.3 Å². The molecule has 1 amide bonds. The molecular weight excluding hydrogens is 399 g/mol. The highest BCUT2D eigenvalue weighted by molar-refractivity contribution is 7.18. The molecule has 0 aliphatic rings. The van der Waals surface area contributed by atoms with Crippen LogP contribution in [-0.4, -0.2) is 41.2 Å². The molecule has 0 aliphatic carbocycles. The van der Waals surface area contributed by atoms with Gasteiger partial charge in [0.2, 0.25) is 0 Å². The fourth-order valence-electron chi connectivity index (χ4n) is 2.72. The monoisotopic (exact) mass is 424 g/mol. The Balaban J connectivity index is 2.44. The number of carbonyl (C=O) groups excluding carboxylic acids is 2. The van der Waals surface area contributed by atoms with Gasteiger partial charge < -0.3 is 15.5 Å². The van der Waals surface area contributed by atoms with Gasteiger partial charge in [0.15, 0.2) is 5.78 Å². The van der Waals surface area contributed by atoms with E-state index in [1.165, 1.54) is 13.0 Å². The van der Waals surface area contributed by atoms with E-state index in [0.29, 0.717) is 15.4 Å². The minimum atomic E-state index is -1.14. The molecule has 29 heavy (non-hydrogen) atoms. The fraction of sp³-hybridized carbons (Fsp3) is 0.400. The third kappa shape index (κ3) is 5.60. The van der Waals surface area contributed by atoms with Gasteiger partial charge in [-0.3, -0.25) is 14.4 Å². The quantitative estimate of drug-likeness (QED) is 0.363. The first-order chi connectivity index (χ1) is 13.6. The number of hydrogen-bond acceptors (Lipinski definition) is 7. The highest BCUT2D eigenvalue weighted by Gasteiger charge is 2.28. The van der Waals surface area contributed by atoms with Gasteiger partial charge >= 0.3 is 0 Å². The van der Waals surface area contributed by atoms with Crippen molar-refractivity contribution in [2.24, 2.45) is 0 Å². The van der Waals surface area contributed by atoms with Crippen LogP contribution in [0.1, 0.15) is 57.8 Å². The van der Waals surface area contributed by atoms with Crippen molar-refractivity contribution in [2.45, 2.75) is 39.7 Å². The Kier molecular flexibility index (Phi) is 7.86. The molecule has 7 nitrogen and oxygen atoms in total. The Bertz CT molecular complexity index is 897. The average Bonchev–Trinajstić information content (AvgIpc) is 3.03. The van der Waals surface area contributed by atoms with Gasteiger partial charge in [-0.1, -0.05) is 19.9 Å². The Labute approximate surface area is 172 Å². The van der Waals surface area contributed by atoms with E-state index < -0.39 is 24.4 Å². The number of carbonyl (C=O) groups is 2. The van der Waals surface area contributed by atoms with E-state index in [4.69, 9.17) is 9.94 Å². The summed E-state index contributed by atoms with van der Waals surface area (Å²) in [7, 11) is 0. The lowest BCUT2D eigenvalue weighted by molar-refractivity contribution is -0.0295. The van der Waals surface area contributed by atoms with Crippen LogP contribution in [0.3, 0.4) is 0 Å². The molecular formula is C20H25FN2O5S. The Morgan fingerprint density at radius 1 is 1.31 bits per heavy atom. The molecule has 0 aliphatic heterocycles. The van der Waals surface area contributed by atoms with Crippen molar-refractivity contribution < 1.29 is 29.0 Å². The van der Waals surface area contributed by atoms with Crippen LogP contribution in [0.5, 0.6) is 0 Å². The molecule has 2 aromatic rings. The summed E-state index contributed by atoms with van der Waals surface area (Å²) >= 11 is 1.07. The summed E-state index contributed by atoms with van der Waals surface area (Å²) in [5.41, 5.74) is 3.84. The van der Waals surface area contributed by atoms with Crippen LogP contribution in [0, 0.1) is 12.7 Å².